The number of carbonyl (C=O) groups is 1. The van der Waals surface area contributed by atoms with Crippen molar-refractivity contribution in [1.82, 2.24) is 0 Å². The van der Waals surface area contributed by atoms with E-state index in [1.165, 1.54) is 0 Å². The Morgan fingerprint density at radius 2 is 1.20 bits per heavy atom. The van der Waals surface area contributed by atoms with E-state index in [2.05, 4.69) is 0 Å². The van der Waals surface area contributed by atoms with Gasteiger partial charge in [0.25, 0.3) is 0 Å². The lowest BCUT2D eigenvalue weighted by Crippen LogP contribution is -1.18. The van der Waals surface area contributed by atoms with Crippen molar-refractivity contribution in [1.29, 1.82) is 0 Å². The van der Waals surface area contributed by atoms with Crippen molar-refractivity contribution in [2.45, 2.75) is 0 Å². The fourth-order valence-corrected chi connectivity index (χ4v) is 0. The molecule has 0 aliphatic heterocycles. The zero-order valence-electron chi connectivity index (χ0n) is 2.43. The van der Waals surface area contributed by atoms with Gasteiger partial charge in [-0.1, -0.05) is 0 Å². The monoisotopic (exact) mass is 96.0 g/mol. The van der Waals surface area contributed by atoms with Gasteiger partial charge in [-0.05, 0) is 0 Å². The molecule has 0 saturated heterocycles. The molecule has 0 amide bonds. The van der Waals surface area contributed by atoms with Gasteiger partial charge >= 0.3 is 0 Å². The van der Waals surface area contributed by atoms with Crippen LogP contribution in [0.4, 0.5) is 0 Å². The Kier molecular flexibility index (Phi) is 114. The number of carbonyl (C=O) groups excluding carboxylic acids is 1. The summed E-state index contributed by atoms with van der Waals surface area (Å²) in [5.74, 6) is 0. The van der Waals surface area contributed by atoms with Gasteiger partial charge in [0.15, 0.2) is 0 Å². The minimum atomic E-state index is -1.42. The molecule has 0 rings (SSSR count). The van der Waals surface area contributed by atoms with E-state index in [4.69, 9.17) is 13.2 Å². The third-order valence-corrected chi connectivity index (χ3v) is 0. The van der Waals surface area contributed by atoms with E-state index in [0.29, 0.717) is 0 Å². The summed E-state index contributed by atoms with van der Waals surface area (Å²) in [7, 11) is 0. The van der Waals surface area contributed by atoms with Crippen LogP contribution in [0.15, 0.2) is 0 Å². The molecule has 0 spiro atoms. The van der Waals surface area contributed by atoms with Gasteiger partial charge in [0.2, 0.25) is 0 Å². The first-order valence-corrected chi connectivity index (χ1v) is 1.51. The van der Waals surface area contributed by atoms with E-state index < -0.39 is 11.6 Å². The highest BCUT2D eigenvalue weighted by atomic mass is 32.1. The highest BCUT2D eigenvalue weighted by molar-refractivity contribution is 7.51. The van der Waals surface area contributed by atoms with Crippen molar-refractivity contribution < 1.29 is 13.2 Å². The van der Waals surface area contributed by atoms with Crippen LogP contribution in [0.3, 0.4) is 0 Å². The molecular weight excluding hydrogens is 92.1 g/mol. The SMILES string of the molecule is C=O.O=[SH2]=O. The van der Waals surface area contributed by atoms with Crippen molar-refractivity contribution in [2.24, 2.45) is 0 Å². The van der Waals surface area contributed by atoms with Crippen LogP contribution < -0.4 is 0 Å². The third-order valence-electron chi connectivity index (χ3n) is 0. The van der Waals surface area contributed by atoms with Gasteiger partial charge in [-0.2, -0.15) is 0 Å². The second kappa shape index (κ2) is 64.6. The van der Waals surface area contributed by atoms with Gasteiger partial charge < -0.3 is 4.79 Å². The van der Waals surface area contributed by atoms with Gasteiger partial charge in [-0.25, -0.2) is 8.42 Å². The van der Waals surface area contributed by atoms with E-state index in [1.807, 2.05) is 6.79 Å². The second-order valence-electron chi connectivity index (χ2n) is 0.0833. The second-order valence-corrected chi connectivity index (χ2v) is 0.250. The zero-order valence-corrected chi connectivity index (χ0v) is 3.43. The van der Waals surface area contributed by atoms with Gasteiger partial charge in [0.1, 0.15) is 18.4 Å². The number of hydrogen-bond donors (Lipinski definition) is 0. The fourth-order valence-electron chi connectivity index (χ4n) is 0. The van der Waals surface area contributed by atoms with E-state index in [-0.39, 0.29) is 0 Å². The molecule has 0 aromatic carbocycles. The summed E-state index contributed by atoms with van der Waals surface area (Å²) < 4.78 is 16.8. The lowest BCUT2D eigenvalue weighted by molar-refractivity contribution is -0.0979. The average Bonchev–Trinajstić information content (AvgIpc) is 1.46. The molecule has 0 bridgehead atoms. The smallest absolute Gasteiger partial charge is 0.129 e. The third kappa shape index (κ3) is 65.8. The molecule has 4 heteroatoms. The summed E-state index contributed by atoms with van der Waals surface area (Å²) >= 11 is -1.42. The summed E-state index contributed by atoms with van der Waals surface area (Å²) in [6.07, 6.45) is 0. The van der Waals surface area contributed by atoms with Gasteiger partial charge in [-0.15, -0.1) is 0 Å². The highest BCUT2D eigenvalue weighted by Crippen LogP contribution is 0.846. The molecule has 0 aliphatic rings. The standard InChI is InChI=1S/CH2O.H2O2S/c1-2;1-3-2/h1H2;3H2. The highest BCUT2D eigenvalue weighted by Gasteiger charge is 0.964. The van der Waals surface area contributed by atoms with Gasteiger partial charge in [0.05, 0.1) is 0 Å². The molecule has 0 aliphatic carbocycles. The van der Waals surface area contributed by atoms with E-state index in [0.717, 1.165) is 0 Å². The summed E-state index contributed by atoms with van der Waals surface area (Å²) in [4.78, 5) is 8.00. The Morgan fingerprint density at radius 1 is 1.20 bits per heavy atom. The minimum absolute atomic E-state index is 1.42. The Morgan fingerprint density at radius 3 is 1.20 bits per heavy atom. The first-order valence-electron chi connectivity index (χ1n) is 0.697. The summed E-state index contributed by atoms with van der Waals surface area (Å²) in [6, 6.07) is 0. The molecule has 0 heterocycles. The van der Waals surface area contributed by atoms with Crippen molar-refractivity contribution >= 4 is 18.4 Å². The maximum absolute atomic E-state index is 8.40. The van der Waals surface area contributed by atoms with Crippen molar-refractivity contribution in [3.05, 3.63) is 0 Å². The van der Waals surface area contributed by atoms with Crippen molar-refractivity contribution in [2.75, 3.05) is 0 Å². The largest absolute Gasteiger partial charge is 0.307 e. The molecule has 0 atom stereocenters. The lowest BCUT2D eigenvalue weighted by atomic mass is 11.9. The van der Waals surface area contributed by atoms with E-state index in [1.54, 1.807) is 0 Å². The van der Waals surface area contributed by atoms with Crippen molar-refractivity contribution in [3.63, 3.8) is 0 Å². The predicted molar refractivity (Wildman–Crippen MR) is 18.8 cm³/mol. The Balaban J connectivity index is 0. The van der Waals surface area contributed by atoms with Crippen LogP contribution >= 0.6 is 0 Å². The first kappa shape index (κ1) is 8.82. The van der Waals surface area contributed by atoms with Gasteiger partial charge in [0, 0.05) is 0 Å². The van der Waals surface area contributed by atoms with Crippen LogP contribution in [-0.4, -0.2) is 15.2 Å². The van der Waals surface area contributed by atoms with Crippen LogP contribution in [0.1, 0.15) is 0 Å². The molecule has 0 unspecified atom stereocenters. The molecule has 32 valence electrons. The first-order chi connectivity index (χ1) is 2.41. The van der Waals surface area contributed by atoms with Crippen LogP contribution in [0.5, 0.6) is 0 Å². The van der Waals surface area contributed by atoms with Crippen molar-refractivity contribution in [3.8, 4) is 0 Å². The lowest BCUT2D eigenvalue weighted by Gasteiger charge is -1.07. The molecule has 0 aromatic rings. The maximum atomic E-state index is 8.40. The Hall–Kier alpha value is -0.380. The maximum Gasteiger partial charge on any atom is 0.129 e. The van der Waals surface area contributed by atoms with Gasteiger partial charge in [-0.3, -0.25) is 0 Å². The summed E-state index contributed by atoms with van der Waals surface area (Å²) in [5.41, 5.74) is 0. The molecular formula is CH4O3S. The van der Waals surface area contributed by atoms with Crippen LogP contribution in [0.2, 0.25) is 0 Å². The predicted octanol–water partition coefficient (Wildman–Crippen LogP) is -1.39. The molecule has 0 radical (unpaired) electrons. The molecule has 0 fully saturated rings. The molecule has 0 aromatic heterocycles. The van der Waals surface area contributed by atoms with Crippen LogP contribution in [0, 0.1) is 0 Å². The average molecular weight is 96.1 g/mol. The quantitative estimate of drug-likeness (QED) is 0.373. The minimum Gasteiger partial charge on any atom is -0.307 e. The van der Waals surface area contributed by atoms with Crippen LogP contribution in [-0.2, 0) is 16.4 Å². The fraction of sp³-hybridized carbons (Fsp3) is 0. The number of rotatable bonds is 0. The summed E-state index contributed by atoms with van der Waals surface area (Å²) in [5, 5.41) is 0. The number of hydrogen-bond acceptors (Lipinski definition) is 3. The molecule has 5 heavy (non-hydrogen) atoms. The Labute approximate surface area is 32.6 Å². The zero-order chi connectivity index (χ0) is 4.71. The normalized spacial score (nSPS) is 4.00. The van der Waals surface area contributed by atoms with E-state index in [9.17, 15) is 0 Å². The molecule has 0 N–H and O–H groups in total. The Bertz CT molecular complexity index is 36.2. The molecule has 0 saturated carbocycles. The topological polar surface area (TPSA) is 51.2 Å². The summed E-state index contributed by atoms with van der Waals surface area (Å²) in [6.45, 7) is 2.00. The van der Waals surface area contributed by atoms with E-state index >= 15 is 0 Å². The van der Waals surface area contributed by atoms with Crippen LogP contribution in [0.25, 0.3) is 0 Å². The molecule has 3 nitrogen and oxygen atoms in total.